The Morgan fingerprint density at radius 1 is 1.06 bits per heavy atom. The third-order valence-corrected chi connectivity index (χ3v) is 6.56. The second-order valence-electron chi connectivity index (χ2n) is 8.28. The molecule has 1 aliphatic rings. The van der Waals surface area contributed by atoms with Crippen LogP contribution in [0.2, 0.25) is 0 Å². The summed E-state index contributed by atoms with van der Waals surface area (Å²) in [5.41, 5.74) is 4.51. The topological polar surface area (TPSA) is 63.1 Å². The van der Waals surface area contributed by atoms with Crippen molar-refractivity contribution >= 4 is 49.6 Å². The van der Waals surface area contributed by atoms with Crippen LogP contribution in [0.4, 0.5) is 4.79 Å². The second-order valence-corrected chi connectivity index (χ2v) is 9.19. The molecule has 31 heavy (non-hydrogen) atoms. The molecule has 2 amide bonds. The van der Waals surface area contributed by atoms with Gasteiger partial charge in [-0.3, -0.25) is 4.79 Å². The molecule has 0 spiro atoms. The van der Waals surface area contributed by atoms with Crippen molar-refractivity contribution in [2.24, 2.45) is 0 Å². The first-order valence-electron chi connectivity index (χ1n) is 10.9. The molecule has 3 aromatic rings. The van der Waals surface area contributed by atoms with Crippen molar-refractivity contribution in [1.29, 1.82) is 0 Å². The number of aryl methyl sites for hydroxylation is 1. The molecule has 0 aliphatic carbocycles. The normalized spacial score (nSPS) is 16.6. The monoisotopic (exact) mass is 481 g/mol. The zero-order valence-corrected chi connectivity index (χ0v) is 19.8. The lowest BCUT2D eigenvalue weighted by molar-refractivity contribution is -0.114. The minimum Gasteiger partial charge on any atom is -0.340 e. The van der Waals surface area contributed by atoms with E-state index in [1.807, 2.05) is 6.07 Å². The smallest absolute Gasteiger partial charge is 0.319 e. The van der Waals surface area contributed by atoms with Gasteiger partial charge in [-0.25, -0.2) is 4.79 Å². The van der Waals surface area contributed by atoms with Gasteiger partial charge in [-0.2, -0.15) is 0 Å². The summed E-state index contributed by atoms with van der Waals surface area (Å²) in [5.74, 6) is -0.0452. The van der Waals surface area contributed by atoms with Gasteiger partial charge in [0.05, 0.1) is 6.04 Å². The first-order chi connectivity index (χ1) is 14.9. The number of nitrogens with zero attached hydrogens (tertiary/aromatic N) is 1. The van der Waals surface area contributed by atoms with E-state index in [0.29, 0.717) is 11.3 Å². The number of Topliss-reactive ketones (excluding diaryl/α,β-unsaturated/α-hetero) is 1. The summed E-state index contributed by atoms with van der Waals surface area (Å²) in [5, 5.41) is 7.96. The molecule has 1 aliphatic heterocycles. The molecule has 1 atom stereocenters. The maximum absolute atomic E-state index is 12.3. The number of hydrogen-bond acceptors (Lipinski definition) is 2. The standard InChI is InChI=1S/C25H28BrN3O2/c1-4-5-6-7-12-29-21-10-8-17(13-19(21)20-14-18(26)9-11-22(20)29)24-23(16(3)30)15(2)27-25(31)28-24/h8-11,13-14,24H,4-7,12H2,1-3H3,(H2,27,28,31). The zero-order valence-electron chi connectivity index (χ0n) is 18.2. The van der Waals surface area contributed by atoms with E-state index in [2.05, 4.69) is 68.4 Å². The highest BCUT2D eigenvalue weighted by Crippen LogP contribution is 2.35. The van der Waals surface area contributed by atoms with Crippen LogP contribution in [0.3, 0.4) is 0 Å². The number of halogens is 1. The highest BCUT2D eigenvalue weighted by Gasteiger charge is 2.29. The third-order valence-electron chi connectivity index (χ3n) is 6.07. The fourth-order valence-electron chi connectivity index (χ4n) is 4.62. The molecule has 0 radical (unpaired) electrons. The van der Waals surface area contributed by atoms with E-state index in [9.17, 15) is 9.59 Å². The average Bonchev–Trinajstić information content (AvgIpc) is 3.02. The molecule has 2 aromatic carbocycles. The van der Waals surface area contributed by atoms with Crippen molar-refractivity contribution in [2.75, 3.05) is 0 Å². The molecule has 5 nitrogen and oxygen atoms in total. The number of benzene rings is 2. The lowest BCUT2D eigenvalue weighted by Crippen LogP contribution is -2.44. The number of unbranched alkanes of at least 4 members (excludes halogenated alkanes) is 3. The van der Waals surface area contributed by atoms with Crippen LogP contribution in [0.1, 0.15) is 58.1 Å². The predicted octanol–water partition coefficient (Wildman–Crippen LogP) is 6.35. The number of urea groups is 1. The number of nitrogens with one attached hydrogen (secondary N) is 2. The van der Waals surface area contributed by atoms with Crippen LogP contribution < -0.4 is 10.6 Å². The van der Waals surface area contributed by atoms with E-state index >= 15 is 0 Å². The zero-order chi connectivity index (χ0) is 22.1. The quantitative estimate of drug-likeness (QED) is 0.385. The summed E-state index contributed by atoms with van der Waals surface area (Å²) in [4.78, 5) is 24.5. The number of carbonyl (C=O) groups excluding carboxylic acids is 2. The molecule has 6 heteroatoms. The number of carbonyl (C=O) groups is 2. The van der Waals surface area contributed by atoms with Gasteiger partial charge >= 0.3 is 6.03 Å². The summed E-state index contributed by atoms with van der Waals surface area (Å²) in [6.45, 7) is 6.52. The van der Waals surface area contributed by atoms with Crippen molar-refractivity contribution in [3.63, 3.8) is 0 Å². The molecule has 0 saturated heterocycles. The van der Waals surface area contributed by atoms with Crippen molar-refractivity contribution in [3.8, 4) is 0 Å². The van der Waals surface area contributed by atoms with Gasteiger partial charge in [0.1, 0.15) is 0 Å². The van der Waals surface area contributed by atoms with Crippen LogP contribution in [0, 0.1) is 0 Å². The number of allylic oxidation sites excluding steroid dienone is 1. The number of aromatic nitrogens is 1. The highest BCUT2D eigenvalue weighted by molar-refractivity contribution is 9.10. The van der Waals surface area contributed by atoms with Gasteiger partial charge in [-0.05, 0) is 56.2 Å². The maximum atomic E-state index is 12.3. The molecule has 1 unspecified atom stereocenters. The fourth-order valence-corrected chi connectivity index (χ4v) is 4.98. The van der Waals surface area contributed by atoms with Crippen molar-refractivity contribution < 1.29 is 9.59 Å². The second kappa shape index (κ2) is 8.87. The van der Waals surface area contributed by atoms with Crippen LogP contribution in [-0.2, 0) is 11.3 Å². The molecule has 162 valence electrons. The maximum Gasteiger partial charge on any atom is 0.319 e. The summed E-state index contributed by atoms with van der Waals surface area (Å²) in [7, 11) is 0. The van der Waals surface area contributed by atoms with E-state index in [-0.39, 0.29) is 11.8 Å². The molecule has 1 aromatic heterocycles. The highest BCUT2D eigenvalue weighted by atomic mass is 79.9. The third kappa shape index (κ3) is 4.13. The van der Waals surface area contributed by atoms with Gasteiger partial charge in [-0.1, -0.05) is 48.2 Å². The first kappa shape index (κ1) is 21.6. The lowest BCUT2D eigenvalue weighted by Gasteiger charge is -2.28. The van der Waals surface area contributed by atoms with Crippen LogP contribution in [0.25, 0.3) is 21.8 Å². The van der Waals surface area contributed by atoms with Crippen LogP contribution in [-0.4, -0.2) is 16.4 Å². The Balaban J connectivity index is 1.84. The van der Waals surface area contributed by atoms with Crippen LogP contribution >= 0.6 is 15.9 Å². The molecule has 0 fully saturated rings. The van der Waals surface area contributed by atoms with E-state index in [4.69, 9.17) is 0 Å². The Bertz CT molecular complexity index is 1210. The molecular weight excluding hydrogens is 454 g/mol. The van der Waals surface area contributed by atoms with Gasteiger partial charge in [0, 0.05) is 44.1 Å². The SMILES string of the molecule is CCCCCCn1c2ccc(Br)cc2c2cc(C3NC(=O)NC(C)=C3C(C)=O)ccc21. The van der Waals surface area contributed by atoms with E-state index in [0.717, 1.165) is 28.4 Å². The molecule has 2 N–H and O–H groups in total. The number of fused-ring (bicyclic) bond motifs is 3. The van der Waals surface area contributed by atoms with Gasteiger partial charge < -0.3 is 15.2 Å². The number of ketones is 1. The van der Waals surface area contributed by atoms with Crippen molar-refractivity contribution in [2.45, 2.75) is 59.0 Å². The van der Waals surface area contributed by atoms with E-state index in [1.165, 1.54) is 35.7 Å². The first-order valence-corrected chi connectivity index (χ1v) is 11.7. The average molecular weight is 482 g/mol. The summed E-state index contributed by atoms with van der Waals surface area (Å²) in [6, 6.07) is 11.9. The van der Waals surface area contributed by atoms with Crippen LogP contribution in [0.5, 0.6) is 0 Å². The molecule has 2 heterocycles. The van der Waals surface area contributed by atoms with Crippen LogP contribution in [0.15, 0.2) is 52.1 Å². The summed E-state index contributed by atoms with van der Waals surface area (Å²) < 4.78 is 3.43. The number of hydrogen-bond donors (Lipinski definition) is 2. The number of amides is 2. The molecule has 0 bridgehead atoms. The Labute approximate surface area is 191 Å². The largest absolute Gasteiger partial charge is 0.340 e. The molecule has 4 rings (SSSR count). The van der Waals surface area contributed by atoms with E-state index < -0.39 is 6.04 Å². The van der Waals surface area contributed by atoms with Crippen molar-refractivity contribution in [3.05, 3.63) is 57.7 Å². The van der Waals surface area contributed by atoms with Gasteiger partial charge in [0.25, 0.3) is 0 Å². The Kier molecular flexibility index (Phi) is 6.19. The Morgan fingerprint density at radius 3 is 2.48 bits per heavy atom. The Morgan fingerprint density at radius 2 is 1.77 bits per heavy atom. The minimum absolute atomic E-state index is 0.0452. The number of rotatable bonds is 7. The predicted molar refractivity (Wildman–Crippen MR) is 129 cm³/mol. The lowest BCUT2D eigenvalue weighted by atomic mass is 9.92. The van der Waals surface area contributed by atoms with Gasteiger partial charge in [0.15, 0.2) is 5.78 Å². The van der Waals surface area contributed by atoms with Gasteiger partial charge in [-0.15, -0.1) is 0 Å². The minimum atomic E-state index is -0.453. The molecule has 0 saturated carbocycles. The Hall–Kier alpha value is -2.60. The summed E-state index contributed by atoms with van der Waals surface area (Å²) >= 11 is 3.61. The molecular formula is C25H28BrN3O2. The van der Waals surface area contributed by atoms with Crippen molar-refractivity contribution in [1.82, 2.24) is 15.2 Å². The fraction of sp³-hybridized carbons (Fsp3) is 0.360. The van der Waals surface area contributed by atoms with E-state index in [1.54, 1.807) is 13.8 Å². The van der Waals surface area contributed by atoms with Gasteiger partial charge in [0.2, 0.25) is 0 Å². The summed E-state index contributed by atoms with van der Waals surface area (Å²) in [6.07, 6.45) is 4.84.